The molecule has 3 N–H and O–H groups in total. The Balaban J connectivity index is 5.27. The standard InChI is InChI=1S/C10H17NO6/c1-3-4-7(5-8(13)14)10(2,9(15)16)11(17)6-12/h6-7,17H,3-5H2,1-2H3,(H,13,14)(H,15,16). The van der Waals surface area contributed by atoms with E-state index in [0.29, 0.717) is 6.42 Å². The van der Waals surface area contributed by atoms with E-state index in [-0.39, 0.29) is 17.9 Å². The molecule has 7 heteroatoms. The molecule has 1 amide bonds. The van der Waals surface area contributed by atoms with Crippen LogP contribution in [0.15, 0.2) is 0 Å². The van der Waals surface area contributed by atoms with E-state index in [1.54, 1.807) is 6.92 Å². The summed E-state index contributed by atoms with van der Waals surface area (Å²) in [6.07, 6.45) is 0.369. The van der Waals surface area contributed by atoms with E-state index in [0.717, 1.165) is 6.92 Å². The average Bonchev–Trinajstić information content (AvgIpc) is 2.25. The normalized spacial score (nSPS) is 15.7. The zero-order valence-corrected chi connectivity index (χ0v) is 9.79. The predicted molar refractivity (Wildman–Crippen MR) is 56.4 cm³/mol. The predicted octanol–water partition coefficient (Wildman–Crippen LogP) is 0.568. The first-order valence-corrected chi connectivity index (χ1v) is 5.19. The Labute approximate surface area is 98.6 Å². The van der Waals surface area contributed by atoms with Gasteiger partial charge in [-0.3, -0.25) is 14.8 Å². The van der Waals surface area contributed by atoms with Crippen LogP contribution in [0.25, 0.3) is 0 Å². The highest BCUT2D eigenvalue weighted by Crippen LogP contribution is 2.30. The minimum absolute atomic E-state index is 0.0264. The Morgan fingerprint density at radius 1 is 1.41 bits per heavy atom. The van der Waals surface area contributed by atoms with Crippen LogP contribution < -0.4 is 0 Å². The van der Waals surface area contributed by atoms with Gasteiger partial charge in [0.25, 0.3) is 0 Å². The van der Waals surface area contributed by atoms with Crippen molar-refractivity contribution in [3.63, 3.8) is 0 Å². The van der Waals surface area contributed by atoms with Crippen LogP contribution in [0.3, 0.4) is 0 Å². The highest BCUT2D eigenvalue weighted by molar-refractivity contribution is 5.82. The highest BCUT2D eigenvalue weighted by atomic mass is 16.5. The molecule has 0 saturated heterocycles. The molecule has 0 heterocycles. The Hall–Kier alpha value is -1.63. The molecule has 0 bridgehead atoms. The number of hydrogen-bond acceptors (Lipinski definition) is 4. The second kappa shape index (κ2) is 6.19. The summed E-state index contributed by atoms with van der Waals surface area (Å²) >= 11 is 0. The molecule has 0 aliphatic carbocycles. The lowest BCUT2D eigenvalue weighted by molar-refractivity contribution is -0.202. The summed E-state index contributed by atoms with van der Waals surface area (Å²) in [4.78, 5) is 32.4. The van der Waals surface area contributed by atoms with Crippen molar-refractivity contribution in [2.45, 2.75) is 38.6 Å². The van der Waals surface area contributed by atoms with Gasteiger partial charge in [-0.25, -0.2) is 9.86 Å². The van der Waals surface area contributed by atoms with E-state index < -0.39 is 29.8 Å². The van der Waals surface area contributed by atoms with Gasteiger partial charge in [-0.2, -0.15) is 0 Å². The van der Waals surface area contributed by atoms with Crippen molar-refractivity contribution in [1.29, 1.82) is 0 Å². The summed E-state index contributed by atoms with van der Waals surface area (Å²) in [5, 5.41) is 27.2. The third kappa shape index (κ3) is 3.42. The van der Waals surface area contributed by atoms with E-state index in [9.17, 15) is 19.6 Å². The van der Waals surface area contributed by atoms with Gasteiger partial charge in [0, 0.05) is 5.92 Å². The molecule has 0 aromatic rings. The molecule has 0 aromatic heterocycles. The molecule has 98 valence electrons. The van der Waals surface area contributed by atoms with Crippen molar-refractivity contribution >= 4 is 18.3 Å². The molecule has 0 saturated carbocycles. The van der Waals surface area contributed by atoms with Gasteiger partial charge >= 0.3 is 11.9 Å². The maximum Gasteiger partial charge on any atom is 0.332 e. The Bertz CT molecular complexity index is 305. The van der Waals surface area contributed by atoms with Crippen LogP contribution in [0.1, 0.15) is 33.1 Å². The van der Waals surface area contributed by atoms with Gasteiger partial charge in [0.2, 0.25) is 6.41 Å². The molecule has 0 radical (unpaired) electrons. The van der Waals surface area contributed by atoms with Crippen LogP contribution in [0.2, 0.25) is 0 Å². The lowest BCUT2D eigenvalue weighted by Crippen LogP contribution is -2.56. The lowest BCUT2D eigenvalue weighted by Gasteiger charge is -2.36. The van der Waals surface area contributed by atoms with Crippen molar-refractivity contribution in [2.24, 2.45) is 5.92 Å². The number of nitrogens with zero attached hydrogens (tertiary/aromatic N) is 1. The highest BCUT2D eigenvalue weighted by Gasteiger charge is 2.47. The molecule has 0 spiro atoms. The van der Waals surface area contributed by atoms with Crippen LogP contribution in [-0.2, 0) is 14.4 Å². The summed E-state index contributed by atoms with van der Waals surface area (Å²) in [7, 11) is 0. The molecular weight excluding hydrogens is 230 g/mol. The number of carboxylic acid groups (broad SMARTS) is 2. The molecule has 0 aliphatic heterocycles. The summed E-state index contributed by atoms with van der Waals surface area (Å²) in [6, 6.07) is 0. The van der Waals surface area contributed by atoms with Gasteiger partial charge in [0.15, 0.2) is 5.54 Å². The van der Waals surface area contributed by atoms with Gasteiger partial charge in [-0.15, -0.1) is 0 Å². The van der Waals surface area contributed by atoms with Gasteiger partial charge < -0.3 is 10.2 Å². The third-order valence-corrected chi connectivity index (χ3v) is 2.86. The smallest absolute Gasteiger partial charge is 0.332 e. The number of amides is 1. The number of rotatable bonds is 8. The van der Waals surface area contributed by atoms with E-state index >= 15 is 0 Å². The molecular formula is C10H17NO6. The molecule has 2 unspecified atom stereocenters. The first kappa shape index (κ1) is 15.4. The van der Waals surface area contributed by atoms with Gasteiger partial charge in [-0.05, 0) is 13.3 Å². The quantitative estimate of drug-likeness (QED) is 0.328. The first-order valence-electron chi connectivity index (χ1n) is 5.19. The number of carboxylic acids is 2. The van der Waals surface area contributed by atoms with Gasteiger partial charge in [0.05, 0.1) is 6.42 Å². The number of hydrogen-bond donors (Lipinski definition) is 3. The van der Waals surface area contributed by atoms with Crippen molar-refractivity contribution in [1.82, 2.24) is 5.06 Å². The summed E-state index contributed by atoms with van der Waals surface area (Å²) in [6.45, 7) is 2.90. The molecule has 0 aromatic carbocycles. The number of hydroxylamine groups is 2. The maximum absolute atomic E-state index is 11.2. The van der Waals surface area contributed by atoms with Crippen LogP contribution in [0.5, 0.6) is 0 Å². The molecule has 17 heavy (non-hydrogen) atoms. The zero-order chi connectivity index (χ0) is 13.6. The monoisotopic (exact) mass is 247 g/mol. The van der Waals surface area contributed by atoms with E-state index in [2.05, 4.69) is 0 Å². The molecule has 0 aliphatic rings. The summed E-state index contributed by atoms with van der Waals surface area (Å²) in [5.74, 6) is -3.47. The van der Waals surface area contributed by atoms with Gasteiger partial charge in [0.1, 0.15) is 0 Å². The zero-order valence-electron chi connectivity index (χ0n) is 9.79. The van der Waals surface area contributed by atoms with Crippen LogP contribution in [0, 0.1) is 5.92 Å². The van der Waals surface area contributed by atoms with Crippen LogP contribution >= 0.6 is 0 Å². The Morgan fingerprint density at radius 3 is 2.24 bits per heavy atom. The topological polar surface area (TPSA) is 115 Å². The number of carbonyl (C=O) groups excluding carboxylic acids is 1. The fourth-order valence-corrected chi connectivity index (χ4v) is 1.71. The van der Waals surface area contributed by atoms with Crippen LogP contribution in [-0.4, -0.2) is 44.4 Å². The molecule has 2 atom stereocenters. The van der Waals surface area contributed by atoms with E-state index in [1.807, 2.05) is 0 Å². The van der Waals surface area contributed by atoms with Crippen LogP contribution in [0.4, 0.5) is 0 Å². The second-order valence-corrected chi connectivity index (χ2v) is 3.99. The van der Waals surface area contributed by atoms with Crippen molar-refractivity contribution in [2.75, 3.05) is 0 Å². The molecule has 7 nitrogen and oxygen atoms in total. The fourth-order valence-electron chi connectivity index (χ4n) is 1.71. The van der Waals surface area contributed by atoms with E-state index in [4.69, 9.17) is 10.2 Å². The van der Waals surface area contributed by atoms with E-state index in [1.165, 1.54) is 0 Å². The SMILES string of the molecule is CCCC(CC(=O)O)C(C)(C(=O)O)N(O)C=O. The first-order chi connectivity index (χ1) is 7.80. The van der Waals surface area contributed by atoms with Crippen molar-refractivity contribution in [3.05, 3.63) is 0 Å². The lowest BCUT2D eigenvalue weighted by atomic mass is 9.80. The molecule has 0 fully saturated rings. The number of aliphatic carboxylic acids is 2. The third-order valence-electron chi connectivity index (χ3n) is 2.86. The fraction of sp³-hybridized carbons (Fsp3) is 0.700. The second-order valence-electron chi connectivity index (χ2n) is 3.99. The van der Waals surface area contributed by atoms with Crippen molar-refractivity contribution < 1.29 is 29.8 Å². The minimum atomic E-state index is -1.93. The summed E-state index contributed by atoms with van der Waals surface area (Å²) < 4.78 is 0. The van der Waals surface area contributed by atoms with Gasteiger partial charge in [-0.1, -0.05) is 13.3 Å². The maximum atomic E-state index is 11.2. The summed E-state index contributed by atoms with van der Waals surface area (Å²) in [5.41, 5.74) is -1.93. The largest absolute Gasteiger partial charge is 0.481 e. The molecule has 0 rings (SSSR count). The van der Waals surface area contributed by atoms with Crippen molar-refractivity contribution in [3.8, 4) is 0 Å². The Kier molecular flexibility index (Phi) is 5.60. The Morgan fingerprint density at radius 2 is 1.94 bits per heavy atom. The average molecular weight is 247 g/mol. The minimum Gasteiger partial charge on any atom is -0.481 e. The number of carbonyl (C=O) groups is 3.